The van der Waals surface area contributed by atoms with Gasteiger partial charge in [0.1, 0.15) is 23.9 Å². The van der Waals surface area contributed by atoms with Gasteiger partial charge in [-0.2, -0.15) is 0 Å². The summed E-state index contributed by atoms with van der Waals surface area (Å²) in [5.41, 5.74) is 1.80. The molecular formula is C17H20FNO2. The van der Waals surface area contributed by atoms with Crippen LogP contribution < -0.4 is 14.8 Å². The van der Waals surface area contributed by atoms with Crippen LogP contribution in [0, 0.1) is 5.82 Å². The standard InChI is InChI=1S/C17H20FNO2/c1-3-19-11-13-8-15(18)10-16(9-13)21-12-14-6-4-5-7-17(14)20-2/h4-10,19H,3,11-12H2,1-2H3. The lowest BCUT2D eigenvalue weighted by Crippen LogP contribution is -2.12. The van der Waals surface area contributed by atoms with Gasteiger partial charge >= 0.3 is 0 Å². The highest BCUT2D eigenvalue weighted by Gasteiger charge is 2.05. The number of methoxy groups -OCH3 is 1. The van der Waals surface area contributed by atoms with E-state index in [9.17, 15) is 4.39 Å². The van der Waals surface area contributed by atoms with Crippen LogP contribution >= 0.6 is 0 Å². The molecule has 0 heterocycles. The molecule has 4 heteroatoms. The van der Waals surface area contributed by atoms with E-state index in [2.05, 4.69) is 5.32 Å². The molecule has 0 aliphatic heterocycles. The summed E-state index contributed by atoms with van der Waals surface area (Å²) >= 11 is 0. The van der Waals surface area contributed by atoms with E-state index < -0.39 is 0 Å². The van der Waals surface area contributed by atoms with Crippen LogP contribution in [0.5, 0.6) is 11.5 Å². The van der Waals surface area contributed by atoms with Crippen molar-refractivity contribution in [2.45, 2.75) is 20.1 Å². The zero-order valence-electron chi connectivity index (χ0n) is 12.4. The van der Waals surface area contributed by atoms with Crippen LogP contribution in [0.2, 0.25) is 0 Å². The van der Waals surface area contributed by atoms with E-state index in [1.807, 2.05) is 37.3 Å². The summed E-state index contributed by atoms with van der Waals surface area (Å²) in [6, 6.07) is 12.4. The van der Waals surface area contributed by atoms with Crippen molar-refractivity contribution in [3.63, 3.8) is 0 Å². The topological polar surface area (TPSA) is 30.5 Å². The van der Waals surface area contributed by atoms with Crippen molar-refractivity contribution < 1.29 is 13.9 Å². The molecule has 0 bridgehead atoms. The normalized spacial score (nSPS) is 10.4. The van der Waals surface area contributed by atoms with Gasteiger partial charge in [-0.1, -0.05) is 25.1 Å². The molecule has 0 fully saturated rings. The molecule has 2 aromatic carbocycles. The molecule has 2 aromatic rings. The van der Waals surface area contributed by atoms with Crippen molar-refractivity contribution in [2.24, 2.45) is 0 Å². The Balaban J connectivity index is 2.07. The Morgan fingerprint density at radius 3 is 2.71 bits per heavy atom. The van der Waals surface area contributed by atoms with Gasteiger partial charge in [-0.3, -0.25) is 0 Å². The van der Waals surface area contributed by atoms with Gasteiger partial charge in [0.05, 0.1) is 7.11 Å². The lowest BCUT2D eigenvalue weighted by molar-refractivity contribution is 0.295. The van der Waals surface area contributed by atoms with Gasteiger partial charge in [-0.05, 0) is 30.3 Å². The average Bonchev–Trinajstić information content (AvgIpc) is 2.50. The number of ether oxygens (including phenoxy) is 2. The molecule has 0 radical (unpaired) electrons. The fourth-order valence-electron chi connectivity index (χ4n) is 2.06. The van der Waals surface area contributed by atoms with Crippen molar-refractivity contribution in [2.75, 3.05) is 13.7 Å². The predicted octanol–water partition coefficient (Wildman–Crippen LogP) is 3.52. The van der Waals surface area contributed by atoms with Crippen molar-refractivity contribution in [3.8, 4) is 11.5 Å². The van der Waals surface area contributed by atoms with Gasteiger partial charge in [0.15, 0.2) is 0 Å². The van der Waals surface area contributed by atoms with E-state index in [0.717, 1.165) is 23.4 Å². The zero-order valence-corrected chi connectivity index (χ0v) is 12.4. The van der Waals surface area contributed by atoms with Crippen molar-refractivity contribution in [1.82, 2.24) is 5.32 Å². The lowest BCUT2D eigenvalue weighted by Gasteiger charge is -2.11. The first kappa shape index (κ1) is 15.3. The molecule has 0 saturated heterocycles. The summed E-state index contributed by atoms with van der Waals surface area (Å²) in [5, 5.41) is 3.17. The smallest absolute Gasteiger partial charge is 0.127 e. The lowest BCUT2D eigenvalue weighted by atomic mass is 10.2. The minimum atomic E-state index is -0.291. The highest BCUT2D eigenvalue weighted by atomic mass is 19.1. The summed E-state index contributed by atoms with van der Waals surface area (Å²) in [4.78, 5) is 0. The maximum absolute atomic E-state index is 13.6. The fraction of sp³-hybridized carbons (Fsp3) is 0.294. The van der Waals surface area contributed by atoms with Gasteiger partial charge in [-0.15, -0.1) is 0 Å². The monoisotopic (exact) mass is 289 g/mol. The molecular weight excluding hydrogens is 269 g/mol. The van der Waals surface area contributed by atoms with Crippen LogP contribution in [-0.2, 0) is 13.2 Å². The minimum absolute atomic E-state index is 0.291. The number of nitrogens with one attached hydrogen (secondary N) is 1. The minimum Gasteiger partial charge on any atom is -0.496 e. The van der Waals surface area contributed by atoms with E-state index in [4.69, 9.17) is 9.47 Å². The molecule has 2 rings (SSSR count). The van der Waals surface area contributed by atoms with Crippen LogP contribution in [-0.4, -0.2) is 13.7 Å². The van der Waals surface area contributed by atoms with Crippen molar-refractivity contribution >= 4 is 0 Å². The number of para-hydroxylation sites is 1. The molecule has 112 valence electrons. The average molecular weight is 289 g/mol. The summed E-state index contributed by atoms with van der Waals surface area (Å²) in [7, 11) is 1.62. The largest absolute Gasteiger partial charge is 0.496 e. The first-order valence-electron chi connectivity index (χ1n) is 6.97. The van der Waals surface area contributed by atoms with Crippen LogP contribution in [0.4, 0.5) is 4.39 Å². The Bertz CT molecular complexity index is 587. The summed E-state index contributed by atoms with van der Waals surface area (Å²) in [6.45, 7) is 3.82. The molecule has 3 nitrogen and oxygen atoms in total. The molecule has 0 saturated carbocycles. The van der Waals surface area contributed by atoms with Gasteiger partial charge in [0.25, 0.3) is 0 Å². The van der Waals surface area contributed by atoms with Crippen LogP contribution in [0.3, 0.4) is 0 Å². The van der Waals surface area contributed by atoms with E-state index in [0.29, 0.717) is 18.9 Å². The number of rotatable bonds is 7. The molecule has 0 aliphatic rings. The van der Waals surface area contributed by atoms with Crippen molar-refractivity contribution in [3.05, 3.63) is 59.4 Å². The Morgan fingerprint density at radius 2 is 1.95 bits per heavy atom. The molecule has 0 spiro atoms. The third-order valence-corrected chi connectivity index (χ3v) is 3.10. The SMILES string of the molecule is CCNCc1cc(F)cc(OCc2ccccc2OC)c1. The summed E-state index contributed by atoms with van der Waals surface area (Å²) in [6.07, 6.45) is 0. The first-order chi connectivity index (χ1) is 10.2. The molecule has 1 N–H and O–H groups in total. The Hall–Kier alpha value is -2.07. The second kappa shape index (κ2) is 7.64. The third-order valence-electron chi connectivity index (χ3n) is 3.10. The van der Waals surface area contributed by atoms with Gasteiger partial charge in [-0.25, -0.2) is 4.39 Å². The number of halogens is 1. The molecule has 21 heavy (non-hydrogen) atoms. The zero-order chi connectivity index (χ0) is 15.1. The second-order valence-corrected chi connectivity index (χ2v) is 4.68. The molecule has 0 amide bonds. The van der Waals surface area contributed by atoms with E-state index in [1.165, 1.54) is 12.1 Å². The summed E-state index contributed by atoms with van der Waals surface area (Å²) in [5.74, 6) is 0.996. The third kappa shape index (κ3) is 4.46. The fourth-order valence-corrected chi connectivity index (χ4v) is 2.06. The van der Waals surface area contributed by atoms with Gasteiger partial charge < -0.3 is 14.8 Å². The highest BCUT2D eigenvalue weighted by molar-refractivity contribution is 5.34. The molecule has 0 atom stereocenters. The maximum atomic E-state index is 13.6. The predicted molar refractivity (Wildman–Crippen MR) is 81.1 cm³/mol. The van der Waals surface area contributed by atoms with Crippen LogP contribution in [0.1, 0.15) is 18.1 Å². The van der Waals surface area contributed by atoms with E-state index in [1.54, 1.807) is 7.11 Å². The Kier molecular flexibility index (Phi) is 5.58. The van der Waals surface area contributed by atoms with E-state index in [-0.39, 0.29) is 5.82 Å². The first-order valence-corrected chi connectivity index (χ1v) is 6.97. The van der Waals surface area contributed by atoms with E-state index >= 15 is 0 Å². The van der Waals surface area contributed by atoms with Crippen LogP contribution in [0.15, 0.2) is 42.5 Å². The van der Waals surface area contributed by atoms with Crippen LogP contribution in [0.25, 0.3) is 0 Å². The molecule has 0 aliphatic carbocycles. The maximum Gasteiger partial charge on any atom is 0.127 e. The van der Waals surface area contributed by atoms with Gasteiger partial charge in [0.2, 0.25) is 0 Å². The number of hydrogen-bond donors (Lipinski definition) is 1. The summed E-state index contributed by atoms with van der Waals surface area (Å²) < 4.78 is 24.6. The second-order valence-electron chi connectivity index (χ2n) is 4.68. The van der Waals surface area contributed by atoms with Crippen molar-refractivity contribution in [1.29, 1.82) is 0 Å². The number of hydrogen-bond acceptors (Lipinski definition) is 3. The molecule has 0 unspecified atom stereocenters. The van der Waals surface area contributed by atoms with Gasteiger partial charge in [0, 0.05) is 18.2 Å². The number of benzene rings is 2. The highest BCUT2D eigenvalue weighted by Crippen LogP contribution is 2.22. The Morgan fingerprint density at radius 1 is 1.14 bits per heavy atom. The Labute approximate surface area is 124 Å². The quantitative estimate of drug-likeness (QED) is 0.846. The molecule has 0 aromatic heterocycles.